The first-order valence-electron chi connectivity index (χ1n) is 24.5. The second-order valence-electron chi connectivity index (χ2n) is 17.1. The standard InChI is InChI=1S/C29H29N5O4.C28H29N5O5.8H2/c1-4-17-33(2)25-21(19-30-29(32-25)31-22-15-13-20(14-16-22)28(37)38-3)10-6-5-9-18-34-26(35)23-11-7-8-12-24(23)27(34)36;1-3-17-33(2)24-20(18-30-28(32-24)31-21-14-12-19(13-15-21)26(35)36)9-5-4-8-16-29-25(34)22-10-6-7-11-23(22)27(37)38;;;;;;;;/h7-8,11-16,19H,4-5,9,17-18H2,1-3H3,(H,30,31,32);6-7,10-15,18H,3-4,8,16-17H2,1-2H3,(H,29,34)(H,35,36)(H,37,38)(H,30,31,32);8*1H. The Morgan fingerprint density at radius 3 is 1.59 bits per heavy atom. The number of carbonyl (C=O) groups excluding carboxylic acids is 4. The predicted octanol–water partition coefficient (Wildman–Crippen LogP) is 10.3. The van der Waals surface area contributed by atoms with Gasteiger partial charge in [-0.15, -0.1) is 0 Å². The Morgan fingerprint density at radius 2 is 1.12 bits per heavy atom. The molecule has 1 aliphatic heterocycles. The molecule has 3 amide bonds. The first kappa shape index (κ1) is 55.7. The fourth-order valence-corrected chi connectivity index (χ4v) is 7.69. The van der Waals surface area contributed by atoms with Gasteiger partial charge in [-0.3, -0.25) is 19.3 Å². The van der Waals surface area contributed by atoms with Crippen molar-refractivity contribution in [3.05, 3.63) is 154 Å². The molecule has 0 saturated heterocycles. The molecule has 5 N–H and O–H groups in total. The van der Waals surface area contributed by atoms with Crippen LogP contribution < -0.4 is 25.8 Å². The number of imide groups is 1. The minimum atomic E-state index is -1.15. The summed E-state index contributed by atoms with van der Waals surface area (Å²) in [6.45, 7) is 6.38. The number of carboxylic acids is 2. The number of rotatable bonds is 20. The molecule has 406 valence electrons. The van der Waals surface area contributed by atoms with Crippen molar-refractivity contribution in [2.75, 3.05) is 67.8 Å². The van der Waals surface area contributed by atoms with Gasteiger partial charge in [-0.25, -0.2) is 24.4 Å². The molecule has 1 aliphatic rings. The molecular formula is C57H74N10O9. The zero-order valence-electron chi connectivity index (χ0n) is 42.8. The summed E-state index contributed by atoms with van der Waals surface area (Å²) < 4.78 is 4.73. The summed E-state index contributed by atoms with van der Waals surface area (Å²) in [6, 6.07) is 26.1. The molecule has 3 heterocycles. The Kier molecular flexibility index (Phi) is 20.1. The van der Waals surface area contributed by atoms with Crippen molar-refractivity contribution < 1.29 is 55.1 Å². The van der Waals surface area contributed by atoms with Gasteiger partial charge in [0.25, 0.3) is 17.7 Å². The maximum absolute atomic E-state index is 12.5. The molecule has 0 aliphatic carbocycles. The van der Waals surface area contributed by atoms with Gasteiger partial charge in [-0.2, -0.15) is 9.97 Å². The van der Waals surface area contributed by atoms with E-state index in [1.807, 2.05) is 23.9 Å². The molecular weight excluding hydrogens is 969 g/mol. The lowest BCUT2D eigenvalue weighted by molar-refractivity contribution is 0.0597. The van der Waals surface area contributed by atoms with Crippen LogP contribution in [0, 0.1) is 23.7 Å². The van der Waals surface area contributed by atoms with Gasteiger partial charge in [0.15, 0.2) is 0 Å². The van der Waals surface area contributed by atoms with Crippen LogP contribution in [0.3, 0.4) is 0 Å². The molecule has 0 saturated carbocycles. The molecule has 0 atom stereocenters. The topological polar surface area (TPSA) is 249 Å². The number of fused-ring (bicyclic) bond motifs is 1. The minimum absolute atomic E-state index is 0. The first-order chi connectivity index (χ1) is 36.7. The number of benzene rings is 4. The third-order valence-electron chi connectivity index (χ3n) is 11.5. The normalized spacial score (nSPS) is 11.1. The largest absolute Gasteiger partial charge is 0.478 e. The van der Waals surface area contributed by atoms with Crippen LogP contribution in [0.2, 0.25) is 0 Å². The molecule has 76 heavy (non-hydrogen) atoms. The number of hydrogen-bond acceptors (Lipinski definition) is 15. The second kappa shape index (κ2) is 27.4. The first-order valence-corrected chi connectivity index (χ1v) is 24.5. The molecule has 0 unspecified atom stereocenters. The molecule has 0 radical (unpaired) electrons. The van der Waals surface area contributed by atoms with Crippen molar-refractivity contribution in [3.8, 4) is 23.7 Å². The number of unbranched alkanes of at least 4 members (excludes halogenated alkanes) is 2. The van der Waals surface area contributed by atoms with Gasteiger partial charge in [0.1, 0.15) is 11.6 Å². The van der Waals surface area contributed by atoms with Crippen LogP contribution in [-0.4, -0.2) is 118 Å². The van der Waals surface area contributed by atoms with Gasteiger partial charge in [0, 0.05) is 75.9 Å². The molecule has 7 rings (SSSR count). The summed E-state index contributed by atoms with van der Waals surface area (Å²) in [6.07, 6.45) is 7.34. The van der Waals surface area contributed by atoms with Crippen LogP contribution in [0.25, 0.3) is 0 Å². The van der Waals surface area contributed by atoms with Crippen LogP contribution in [0.1, 0.15) is 137 Å². The minimum Gasteiger partial charge on any atom is -0.478 e. The van der Waals surface area contributed by atoms with E-state index in [1.54, 1.807) is 85.2 Å². The lowest BCUT2D eigenvalue weighted by atomic mass is 10.1. The van der Waals surface area contributed by atoms with Crippen molar-refractivity contribution in [2.24, 2.45) is 0 Å². The number of nitrogens with one attached hydrogen (secondary N) is 3. The molecule has 19 nitrogen and oxygen atoms in total. The van der Waals surface area contributed by atoms with Crippen molar-refractivity contribution >= 4 is 70.5 Å². The van der Waals surface area contributed by atoms with Crippen LogP contribution >= 0.6 is 0 Å². The van der Waals surface area contributed by atoms with Crippen molar-refractivity contribution in [1.29, 1.82) is 0 Å². The molecule has 2 aromatic heterocycles. The maximum atomic E-state index is 12.5. The third kappa shape index (κ3) is 15.0. The zero-order valence-corrected chi connectivity index (χ0v) is 42.8. The van der Waals surface area contributed by atoms with Crippen LogP contribution in [0.15, 0.2) is 109 Å². The highest BCUT2D eigenvalue weighted by atomic mass is 16.5. The Labute approximate surface area is 452 Å². The summed E-state index contributed by atoms with van der Waals surface area (Å²) in [5.74, 6) is 11.1. The van der Waals surface area contributed by atoms with Crippen molar-refractivity contribution in [1.82, 2.24) is 30.2 Å². The average Bonchev–Trinajstić information content (AvgIpc) is 3.67. The van der Waals surface area contributed by atoms with Gasteiger partial charge in [0.05, 0.1) is 64.0 Å². The van der Waals surface area contributed by atoms with E-state index < -0.39 is 23.8 Å². The highest BCUT2D eigenvalue weighted by molar-refractivity contribution is 6.21. The number of ether oxygens (including phenoxy) is 1. The Morgan fingerprint density at radius 1 is 0.645 bits per heavy atom. The molecule has 0 fully saturated rings. The van der Waals surface area contributed by atoms with E-state index in [0.29, 0.717) is 95.8 Å². The average molecular weight is 1040 g/mol. The molecule has 19 heteroatoms. The Hall–Kier alpha value is -9.62. The molecule has 4 aromatic carbocycles. The van der Waals surface area contributed by atoms with Gasteiger partial charge < -0.3 is 40.7 Å². The number of nitrogens with zero attached hydrogens (tertiary/aromatic N) is 7. The van der Waals surface area contributed by atoms with Gasteiger partial charge in [-0.1, -0.05) is 61.8 Å². The summed E-state index contributed by atoms with van der Waals surface area (Å²) in [7, 11) is 5.22. The lowest BCUT2D eigenvalue weighted by Crippen LogP contribution is -2.30. The van der Waals surface area contributed by atoms with E-state index in [-0.39, 0.29) is 39.9 Å². The number of carbonyl (C=O) groups is 6. The van der Waals surface area contributed by atoms with E-state index in [9.17, 15) is 33.9 Å². The predicted molar refractivity (Wildman–Crippen MR) is 306 cm³/mol. The van der Waals surface area contributed by atoms with Crippen molar-refractivity contribution in [2.45, 2.75) is 52.4 Å². The fraction of sp³-hybridized carbons (Fsp3) is 0.263. The number of amides is 3. The third-order valence-corrected chi connectivity index (χ3v) is 11.5. The fourth-order valence-electron chi connectivity index (χ4n) is 7.69. The van der Waals surface area contributed by atoms with Gasteiger partial charge >= 0.3 is 17.9 Å². The molecule has 0 spiro atoms. The summed E-state index contributed by atoms with van der Waals surface area (Å²) in [4.78, 5) is 94.8. The van der Waals surface area contributed by atoms with Crippen LogP contribution in [-0.2, 0) is 4.74 Å². The van der Waals surface area contributed by atoms with E-state index in [4.69, 9.17) is 9.84 Å². The number of carboxylic acid groups (broad SMARTS) is 2. The smallest absolute Gasteiger partial charge is 0.337 e. The number of anilines is 6. The lowest BCUT2D eigenvalue weighted by Gasteiger charge is -2.19. The van der Waals surface area contributed by atoms with Gasteiger partial charge in [-0.05, 0) is 98.5 Å². The molecule has 0 bridgehead atoms. The molecule has 6 aromatic rings. The highest BCUT2D eigenvalue weighted by Gasteiger charge is 2.34. The van der Waals surface area contributed by atoms with Crippen LogP contribution in [0.4, 0.5) is 34.9 Å². The second-order valence-corrected chi connectivity index (χ2v) is 17.1. The number of aromatic nitrogens is 4. The van der Waals surface area contributed by atoms with E-state index >= 15 is 0 Å². The number of aromatic carboxylic acids is 2. The Balaban J connectivity index is -0.00000143. The monoisotopic (exact) mass is 1040 g/mol. The summed E-state index contributed by atoms with van der Waals surface area (Å²) >= 11 is 0. The Bertz CT molecular complexity index is 3200. The number of hydrogen-bond donors (Lipinski definition) is 5. The van der Waals surface area contributed by atoms with E-state index in [2.05, 4.69) is 73.4 Å². The summed E-state index contributed by atoms with van der Waals surface area (Å²) in [5, 5.41) is 27.3. The van der Waals surface area contributed by atoms with Crippen LogP contribution in [0.5, 0.6) is 0 Å². The summed E-state index contributed by atoms with van der Waals surface area (Å²) in [5.41, 5.74) is 4.38. The van der Waals surface area contributed by atoms with Gasteiger partial charge in [0.2, 0.25) is 11.9 Å². The van der Waals surface area contributed by atoms with E-state index in [1.165, 1.54) is 36.3 Å². The number of methoxy groups -OCH3 is 1. The quantitative estimate of drug-likeness (QED) is 0.0206. The van der Waals surface area contributed by atoms with Crippen molar-refractivity contribution in [3.63, 3.8) is 0 Å². The SMILES string of the molecule is CCCN(C)c1nc(Nc2ccc(C(=O)O)cc2)ncc1C#CCCCNC(=O)c1ccccc1C(=O)O.CCCN(C)c1nc(Nc2ccc(C(=O)OC)cc2)ncc1C#CCCCN1C(=O)c2ccccc2C1=O.[HH].[HH].[HH].[HH].[HH].[HH].[HH].[HH]. The zero-order chi connectivity index (χ0) is 54.6. The number of esters is 1. The highest BCUT2D eigenvalue weighted by Crippen LogP contribution is 2.25. The maximum Gasteiger partial charge on any atom is 0.337 e. The van der Waals surface area contributed by atoms with E-state index in [0.717, 1.165) is 31.6 Å².